The van der Waals surface area contributed by atoms with E-state index in [4.69, 9.17) is 4.98 Å². The Labute approximate surface area is 281 Å². The molecule has 254 valence electrons. The largest absolute Gasteiger partial charge is 0.338 e. The maximum absolute atomic E-state index is 14.9. The van der Waals surface area contributed by atoms with Crippen LogP contribution in [0.5, 0.6) is 0 Å². The standard InChI is InChI=1S/C37H43F2N5O3S/c1-3-40-48(46,47)31-13-14-33(39)32(24-31)36(45)42-18-15-37(16-19-42,26-7-6-8-27(38)21-26)17-20-43-28-11-12-29(43)23-30(22-28)44-25(2)41-34-9-4-5-10-35(34)44/h4-10,13-14,21,24,28-30,40H,3,11-12,15-20,22-23H2,1-2H3/t28-,29+,30?. The number of fused-ring (bicyclic) bond motifs is 3. The van der Waals surface area contributed by atoms with Crippen LogP contribution in [0.3, 0.4) is 0 Å². The number of likely N-dealkylation sites (tertiary alicyclic amines) is 1. The Morgan fingerprint density at radius 3 is 2.40 bits per heavy atom. The first-order chi connectivity index (χ1) is 23.1. The van der Waals surface area contributed by atoms with Crippen molar-refractivity contribution >= 4 is 27.0 Å². The number of hydrogen-bond donors (Lipinski definition) is 1. The number of piperidine rings is 2. The zero-order chi connectivity index (χ0) is 33.6. The number of aromatic nitrogens is 2. The predicted molar refractivity (Wildman–Crippen MR) is 181 cm³/mol. The molecule has 3 aliphatic heterocycles. The molecule has 11 heteroatoms. The molecule has 0 saturated carbocycles. The van der Waals surface area contributed by atoms with Crippen LogP contribution in [0.15, 0.2) is 71.6 Å². The Bertz CT molecular complexity index is 1920. The number of rotatable bonds is 9. The first kappa shape index (κ1) is 32.9. The third kappa shape index (κ3) is 6.05. The average Bonchev–Trinajstić information content (AvgIpc) is 3.53. The highest BCUT2D eigenvalue weighted by molar-refractivity contribution is 7.89. The van der Waals surface area contributed by atoms with E-state index in [1.165, 1.54) is 17.6 Å². The summed E-state index contributed by atoms with van der Waals surface area (Å²) in [7, 11) is -3.86. The smallest absolute Gasteiger partial charge is 0.256 e. The van der Waals surface area contributed by atoms with E-state index in [1.54, 1.807) is 24.0 Å². The molecule has 3 aliphatic rings. The highest BCUT2D eigenvalue weighted by atomic mass is 32.2. The van der Waals surface area contributed by atoms with E-state index in [0.29, 0.717) is 44.1 Å². The van der Waals surface area contributed by atoms with E-state index in [-0.39, 0.29) is 28.2 Å². The van der Waals surface area contributed by atoms with Crippen molar-refractivity contribution in [3.8, 4) is 0 Å². The highest BCUT2D eigenvalue weighted by Gasteiger charge is 2.44. The molecule has 4 heterocycles. The monoisotopic (exact) mass is 675 g/mol. The van der Waals surface area contributed by atoms with Gasteiger partial charge in [-0.1, -0.05) is 31.2 Å². The highest BCUT2D eigenvalue weighted by Crippen LogP contribution is 2.45. The van der Waals surface area contributed by atoms with E-state index in [0.717, 1.165) is 67.7 Å². The summed E-state index contributed by atoms with van der Waals surface area (Å²) in [6.45, 7) is 5.54. The van der Waals surface area contributed by atoms with Crippen molar-refractivity contribution in [3.63, 3.8) is 0 Å². The number of sulfonamides is 1. The number of nitrogens with one attached hydrogen (secondary N) is 1. The third-order valence-electron chi connectivity index (χ3n) is 11.1. The summed E-state index contributed by atoms with van der Waals surface area (Å²) >= 11 is 0. The fourth-order valence-electron chi connectivity index (χ4n) is 8.71. The molecule has 1 unspecified atom stereocenters. The van der Waals surface area contributed by atoms with Crippen molar-refractivity contribution in [1.82, 2.24) is 24.1 Å². The second kappa shape index (κ2) is 13.0. The van der Waals surface area contributed by atoms with Gasteiger partial charge in [0.15, 0.2) is 0 Å². The molecule has 3 saturated heterocycles. The lowest BCUT2D eigenvalue weighted by molar-refractivity contribution is 0.0602. The van der Waals surface area contributed by atoms with E-state index in [2.05, 4.69) is 39.3 Å². The lowest BCUT2D eigenvalue weighted by Crippen LogP contribution is -2.49. The van der Waals surface area contributed by atoms with Gasteiger partial charge in [-0.2, -0.15) is 0 Å². The molecular formula is C37H43F2N5O3S. The van der Waals surface area contributed by atoms with Gasteiger partial charge in [0, 0.05) is 37.8 Å². The van der Waals surface area contributed by atoms with Gasteiger partial charge in [0.25, 0.3) is 5.91 Å². The van der Waals surface area contributed by atoms with E-state index >= 15 is 0 Å². The Balaban J connectivity index is 1.08. The number of benzene rings is 3. The van der Waals surface area contributed by atoms with Crippen LogP contribution >= 0.6 is 0 Å². The van der Waals surface area contributed by atoms with Crippen LogP contribution in [0.25, 0.3) is 11.0 Å². The number of nitrogens with zero attached hydrogens (tertiary/aromatic N) is 4. The van der Waals surface area contributed by atoms with Gasteiger partial charge in [-0.15, -0.1) is 0 Å². The normalized spacial score (nSPS) is 22.8. The maximum atomic E-state index is 14.9. The van der Waals surface area contributed by atoms with Crippen molar-refractivity contribution < 1.29 is 22.0 Å². The molecule has 48 heavy (non-hydrogen) atoms. The van der Waals surface area contributed by atoms with Crippen molar-refractivity contribution in [2.45, 2.75) is 87.2 Å². The molecule has 8 nitrogen and oxygen atoms in total. The molecule has 0 spiro atoms. The second-order valence-corrected chi connectivity index (χ2v) is 15.5. The first-order valence-electron chi connectivity index (χ1n) is 17.1. The molecule has 3 atom stereocenters. The predicted octanol–water partition coefficient (Wildman–Crippen LogP) is 6.35. The van der Waals surface area contributed by atoms with E-state index < -0.39 is 21.7 Å². The number of amides is 1. The first-order valence-corrected chi connectivity index (χ1v) is 18.6. The van der Waals surface area contributed by atoms with Crippen molar-refractivity contribution in [3.05, 3.63) is 95.3 Å². The molecule has 0 aliphatic carbocycles. The summed E-state index contributed by atoms with van der Waals surface area (Å²) in [4.78, 5) is 22.6. The minimum atomic E-state index is -3.86. The van der Waals surface area contributed by atoms with Gasteiger partial charge >= 0.3 is 0 Å². The number of carbonyl (C=O) groups is 1. The van der Waals surface area contributed by atoms with Crippen molar-refractivity contribution in [1.29, 1.82) is 0 Å². The number of imidazole rings is 1. The summed E-state index contributed by atoms with van der Waals surface area (Å²) in [6, 6.07) is 19.9. The van der Waals surface area contributed by atoms with Crippen LogP contribution in [0.1, 0.15) is 79.7 Å². The van der Waals surface area contributed by atoms with Crippen LogP contribution in [0.4, 0.5) is 8.78 Å². The topological polar surface area (TPSA) is 87.5 Å². The second-order valence-electron chi connectivity index (χ2n) is 13.7. The molecule has 1 aromatic heterocycles. The Morgan fingerprint density at radius 2 is 1.69 bits per heavy atom. The summed E-state index contributed by atoms with van der Waals surface area (Å²) in [5.74, 6) is -0.507. The molecule has 2 bridgehead atoms. The van der Waals surface area contributed by atoms with Gasteiger partial charge in [-0.25, -0.2) is 26.9 Å². The van der Waals surface area contributed by atoms with Gasteiger partial charge in [-0.05, 0) is 112 Å². The summed E-state index contributed by atoms with van der Waals surface area (Å²) in [5.41, 5.74) is 2.57. The van der Waals surface area contributed by atoms with Gasteiger partial charge in [0.2, 0.25) is 10.0 Å². The van der Waals surface area contributed by atoms with Crippen LogP contribution in [0.2, 0.25) is 0 Å². The Morgan fingerprint density at radius 1 is 0.958 bits per heavy atom. The lowest BCUT2D eigenvalue weighted by atomic mass is 9.70. The third-order valence-corrected chi connectivity index (χ3v) is 12.6. The summed E-state index contributed by atoms with van der Waals surface area (Å²) in [5, 5.41) is 0. The van der Waals surface area contributed by atoms with Gasteiger partial charge in [-0.3, -0.25) is 9.69 Å². The lowest BCUT2D eigenvalue weighted by Gasteiger charge is -2.45. The van der Waals surface area contributed by atoms with Crippen molar-refractivity contribution in [2.75, 3.05) is 26.2 Å². The number of hydrogen-bond acceptors (Lipinski definition) is 5. The van der Waals surface area contributed by atoms with Crippen LogP contribution in [-0.4, -0.2) is 71.9 Å². The Kier molecular flexibility index (Phi) is 8.89. The molecular weight excluding hydrogens is 633 g/mol. The zero-order valence-electron chi connectivity index (χ0n) is 27.5. The number of para-hydroxylation sites is 2. The fourth-order valence-corrected chi connectivity index (χ4v) is 9.78. The van der Waals surface area contributed by atoms with Crippen LogP contribution in [0, 0.1) is 18.6 Å². The van der Waals surface area contributed by atoms with E-state index in [9.17, 15) is 22.0 Å². The molecule has 1 amide bonds. The van der Waals surface area contributed by atoms with E-state index in [1.807, 2.05) is 12.1 Å². The van der Waals surface area contributed by atoms with Crippen molar-refractivity contribution in [2.24, 2.45) is 0 Å². The number of halogens is 2. The fraction of sp³-hybridized carbons (Fsp3) is 0.459. The minimum absolute atomic E-state index is 0.144. The Hall–Kier alpha value is -3.67. The van der Waals surface area contributed by atoms with Gasteiger partial charge in [0.05, 0.1) is 21.5 Å². The molecule has 3 aromatic carbocycles. The number of carbonyl (C=O) groups excluding carboxylic acids is 1. The average molecular weight is 676 g/mol. The van der Waals surface area contributed by atoms with Gasteiger partial charge in [0.1, 0.15) is 17.5 Å². The SMILES string of the molecule is CCNS(=O)(=O)c1ccc(F)c(C(=O)N2CCC(CCN3[C@@H]4CC[C@H]3CC(n3c(C)nc5ccccc53)C4)(c3cccc(F)c3)CC2)c1. The summed E-state index contributed by atoms with van der Waals surface area (Å²) < 4.78 is 59.5. The molecule has 1 N–H and O–H groups in total. The van der Waals surface area contributed by atoms with Crippen LogP contribution < -0.4 is 4.72 Å². The summed E-state index contributed by atoms with van der Waals surface area (Å²) in [6.07, 6.45) is 6.50. The molecule has 7 rings (SSSR count). The van der Waals surface area contributed by atoms with Gasteiger partial charge < -0.3 is 9.47 Å². The zero-order valence-corrected chi connectivity index (χ0v) is 28.4. The quantitative estimate of drug-likeness (QED) is 0.223. The minimum Gasteiger partial charge on any atom is -0.338 e. The van der Waals surface area contributed by atoms with Crippen LogP contribution in [-0.2, 0) is 15.4 Å². The number of aryl methyl sites for hydroxylation is 1. The maximum Gasteiger partial charge on any atom is 0.256 e. The molecule has 0 radical (unpaired) electrons. The molecule has 3 fully saturated rings. The molecule has 4 aromatic rings.